The monoisotopic (exact) mass is 277 g/mol. The first-order valence-electron chi connectivity index (χ1n) is 5.41. The summed E-state index contributed by atoms with van der Waals surface area (Å²) in [5, 5.41) is 16.1. The molecule has 1 heterocycles. The van der Waals surface area contributed by atoms with E-state index in [0.717, 1.165) is 0 Å². The van der Waals surface area contributed by atoms with E-state index in [1.54, 1.807) is 41.9 Å². The van der Waals surface area contributed by atoms with Crippen molar-refractivity contribution in [2.45, 2.75) is 6.04 Å². The van der Waals surface area contributed by atoms with Crippen LogP contribution in [0.25, 0.3) is 0 Å². The molecule has 0 aliphatic heterocycles. The summed E-state index contributed by atoms with van der Waals surface area (Å²) in [5.41, 5.74) is 0.504. The molecule has 2 rings (SSSR count). The number of carbonyl (C=O) groups excluding carboxylic acids is 1. The molecule has 0 aliphatic rings. The fraction of sp³-hybridized carbons (Fsp3) is 0.0833. The highest BCUT2D eigenvalue weighted by molar-refractivity contribution is 7.13. The summed E-state index contributed by atoms with van der Waals surface area (Å²) in [6, 6.07) is 6.78. The van der Waals surface area contributed by atoms with E-state index >= 15 is 0 Å². The molecule has 3 N–H and O–H groups in total. The molecule has 1 aromatic carbocycles. The van der Waals surface area contributed by atoms with Crippen molar-refractivity contribution >= 4 is 28.5 Å². The first kappa shape index (κ1) is 13.0. The molecule has 2 amide bonds. The molecular weight excluding hydrogens is 266 g/mol. The van der Waals surface area contributed by atoms with E-state index in [-0.39, 0.29) is 0 Å². The molecule has 0 saturated heterocycles. The number of nitrogens with one attached hydrogen (secondary N) is 2. The van der Waals surface area contributed by atoms with Crippen molar-refractivity contribution < 1.29 is 14.7 Å². The van der Waals surface area contributed by atoms with E-state index in [1.807, 2.05) is 0 Å². The zero-order chi connectivity index (χ0) is 13.7. The second-order valence-corrected chi connectivity index (χ2v) is 4.51. The van der Waals surface area contributed by atoms with Gasteiger partial charge in [-0.15, -0.1) is 11.3 Å². The zero-order valence-electron chi connectivity index (χ0n) is 9.74. The largest absolute Gasteiger partial charge is 0.479 e. The molecule has 19 heavy (non-hydrogen) atoms. The SMILES string of the molecule is O=C(Nc1nccs1)N[C@H](C(=O)O)c1ccccc1. The summed E-state index contributed by atoms with van der Waals surface area (Å²) in [4.78, 5) is 26.7. The van der Waals surface area contributed by atoms with Crippen molar-refractivity contribution in [3.8, 4) is 0 Å². The van der Waals surface area contributed by atoms with Gasteiger partial charge in [0.05, 0.1) is 0 Å². The normalized spacial score (nSPS) is 11.6. The number of nitrogens with zero attached hydrogens (tertiary/aromatic N) is 1. The lowest BCUT2D eigenvalue weighted by atomic mass is 10.1. The van der Waals surface area contributed by atoms with Gasteiger partial charge in [-0.05, 0) is 5.56 Å². The fourth-order valence-corrected chi connectivity index (χ4v) is 2.01. The number of urea groups is 1. The van der Waals surface area contributed by atoms with E-state index in [9.17, 15) is 9.59 Å². The van der Waals surface area contributed by atoms with Gasteiger partial charge in [0.1, 0.15) is 0 Å². The Kier molecular flexibility index (Phi) is 4.09. The topological polar surface area (TPSA) is 91.3 Å². The Labute approximate surface area is 113 Å². The number of hydrogen-bond acceptors (Lipinski definition) is 4. The van der Waals surface area contributed by atoms with Crippen molar-refractivity contribution in [3.63, 3.8) is 0 Å². The molecule has 0 saturated carbocycles. The van der Waals surface area contributed by atoms with E-state index in [1.165, 1.54) is 11.3 Å². The molecule has 98 valence electrons. The maximum atomic E-state index is 11.7. The minimum absolute atomic E-state index is 0.412. The quantitative estimate of drug-likeness (QED) is 0.798. The van der Waals surface area contributed by atoms with E-state index in [4.69, 9.17) is 5.11 Å². The predicted octanol–water partition coefficient (Wildman–Crippen LogP) is 2.09. The van der Waals surface area contributed by atoms with Gasteiger partial charge in [0.2, 0.25) is 0 Å². The van der Waals surface area contributed by atoms with Crippen molar-refractivity contribution in [1.82, 2.24) is 10.3 Å². The van der Waals surface area contributed by atoms with Gasteiger partial charge in [0, 0.05) is 11.6 Å². The number of aromatic nitrogens is 1. The maximum absolute atomic E-state index is 11.7. The Hall–Kier alpha value is -2.41. The lowest BCUT2D eigenvalue weighted by molar-refractivity contribution is -0.139. The van der Waals surface area contributed by atoms with Crippen LogP contribution in [0.5, 0.6) is 0 Å². The smallest absolute Gasteiger partial charge is 0.330 e. The third-order valence-electron chi connectivity index (χ3n) is 2.31. The third kappa shape index (κ3) is 3.52. The Morgan fingerprint density at radius 2 is 2.00 bits per heavy atom. The highest BCUT2D eigenvalue weighted by atomic mass is 32.1. The number of anilines is 1. The van der Waals surface area contributed by atoms with Crippen LogP contribution in [0.1, 0.15) is 11.6 Å². The lowest BCUT2D eigenvalue weighted by Gasteiger charge is -2.14. The number of thiazole rings is 1. The Morgan fingerprint density at radius 1 is 1.26 bits per heavy atom. The molecule has 2 aromatic rings. The standard InChI is InChI=1S/C12H11N3O3S/c16-10(17)9(8-4-2-1-3-5-8)14-11(18)15-12-13-6-7-19-12/h1-7,9H,(H,16,17)(H2,13,14,15,18)/t9-/m0/s1. The van der Waals surface area contributed by atoms with Crippen LogP contribution >= 0.6 is 11.3 Å². The van der Waals surface area contributed by atoms with Crippen molar-refractivity contribution in [1.29, 1.82) is 0 Å². The number of amides is 2. The summed E-state index contributed by atoms with van der Waals surface area (Å²) in [6.45, 7) is 0. The van der Waals surface area contributed by atoms with Crippen LogP contribution in [0.4, 0.5) is 9.93 Å². The van der Waals surface area contributed by atoms with Crippen LogP contribution in [0, 0.1) is 0 Å². The van der Waals surface area contributed by atoms with Crippen molar-refractivity contribution in [2.24, 2.45) is 0 Å². The summed E-state index contributed by atoms with van der Waals surface area (Å²) >= 11 is 1.25. The zero-order valence-corrected chi connectivity index (χ0v) is 10.6. The number of hydrogen-bond donors (Lipinski definition) is 3. The summed E-state index contributed by atoms with van der Waals surface area (Å²) in [6.07, 6.45) is 1.55. The number of benzene rings is 1. The molecule has 0 fully saturated rings. The number of carboxylic acid groups (broad SMARTS) is 1. The second-order valence-electron chi connectivity index (χ2n) is 3.62. The van der Waals surface area contributed by atoms with Gasteiger partial charge in [-0.3, -0.25) is 5.32 Å². The number of carboxylic acids is 1. The van der Waals surface area contributed by atoms with Crippen LogP contribution in [-0.4, -0.2) is 22.1 Å². The molecular formula is C12H11N3O3S. The molecule has 1 aromatic heterocycles. The molecule has 0 aliphatic carbocycles. The van der Waals surface area contributed by atoms with Crippen LogP contribution in [-0.2, 0) is 4.79 Å². The number of rotatable bonds is 4. The van der Waals surface area contributed by atoms with Gasteiger partial charge in [0.25, 0.3) is 0 Å². The average Bonchev–Trinajstić information content (AvgIpc) is 2.89. The van der Waals surface area contributed by atoms with Gasteiger partial charge in [-0.25, -0.2) is 14.6 Å². The molecule has 7 heteroatoms. The molecule has 0 spiro atoms. The minimum Gasteiger partial charge on any atom is -0.479 e. The van der Waals surface area contributed by atoms with E-state index in [0.29, 0.717) is 10.7 Å². The highest BCUT2D eigenvalue weighted by Crippen LogP contribution is 2.14. The molecule has 6 nitrogen and oxygen atoms in total. The van der Waals surface area contributed by atoms with Crippen LogP contribution in [0.2, 0.25) is 0 Å². The number of aliphatic carboxylic acids is 1. The minimum atomic E-state index is -1.12. The lowest BCUT2D eigenvalue weighted by Crippen LogP contribution is -2.36. The molecule has 0 radical (unpaired) electrons. The van der Waals surface area contributed by atoms with Gasteiger partial charge in [0.15, 0.2) is 11.2 Å². The van der Waals surface area contributed by atoms with Crippen molar-refractivity contribution in [3.05, 3.63) is 47.5 Å². The first-order valence-corrected chi connectivity index (χ1v) is 6.29. The molecule has 0 bridgehead atoms. The number of carbonyl (C=O) groups is 2. The predicted molar refractivity (Wildman–Crippen MR) is 71.1 cm³/mol. The Morgan fingerprint density at radius 3 is 2.58 bits per heavy atom. The van der Waals surface area contributed by atoms with Gasteiger partial charge < -0.3 is 10.4 Å². The summed E-state index contributed by atoms with van der Waals surface area (Å²) < 4.78 is 0. The summed E-state index contributed by atoms with van der Waals surface area (Å²) in [5.74, 6) is -1.12. The third-order valence-corrected chi connectivity index (χ3v) is 3.00. The average molecular weight is 277 g/mol. The van der Waals surface area contributed by atoms with Crippen LogP contribution < -0.4 is 10.6 Å². The Balaban J connectivity index is 2.05. The summed E-state index contributed by atoms with van der Waals surface area (Å²) in [7, 11) is 0. The van der Waals surface area contributed by atoms with Gasteiger partial charge in [-0.2, -0.15) is 0 Å². The van der Waals surface area contributed by atoms with Gasteiger partial charge in [-0.1, -0.05) is 30.3 Å². The van der Waals surface area contributed by atoms with E-state index in [2.05, 4.69) is 15.6 Å². The fourth-order valence-electron chi connectivity index (χ4n) is 1.48. The highest BCUT2D eigenvalue weighted by Gasteiger charge is 2.21. The van der Waals surface area contributed by atoms with Crippen LogP contribution in [0.3, 0.4) is 0 Å². The van der Waals surface area contributed by atoms with Crippen LogP contribution in [0.15, 0.2) is 41.9 Å². The molecule has 1 atom stereocenters. The molecule has 0 unspecified atom stereocenters. The Bertz CT molecular complexity index is 557. The maximum Gasteiger partial charge on any atom is 0.330 e. The first-order chi connectivity index (χ1) is 9.16. The second kappa shape index (κ2) is 5.96. The van der Waals surface area contributed by atoms with E-state index < -0.39 is 18.0 Å². The van der Waals surface area contributed by atoms with Gasteiger partial charge >= 0.3 is 12.0 Å². The van der Waals surface area contributed by atoms with Crippen molar-refractivity contribution in [2.75, 3.05) is 5.32 Å².